The number of benzene rings is 1. The van der Waals surface area contributed by atoms with E-state index >= 15 is 0 Å². The maximum absolute atomic E-state index is 12.1. The van der Waals surface area contributed by atoms with Crippen LogP contribution in [0.5, 0.6) is 0 Å². The second-order valence-corrected chi connectivity index (χ2v) is 6.79. The van der Waals surface area contributed by atoms with E-state index < -0.39 is 15.6 Å². The lowest BCUT2D eigenvalue weighted by molar-refractivity contribution is 0.0857. The van der Waals surface area contributed by atoms with Gasteiger partial charge in [-0.2, -0.15) is 8.75 Å². The number of sulfonamides is 1. The SMILES string of the molecule is CC(C)(O)CNS(=O)(=O)c1cccc2nsnc12. The molecule has 8 heteroatoms. The summed E-state index contributed by atoms with van der Waals surface area (Å²) < 4.78 is 34.5. The molecule has 18 heavy (non-hydrogen) atoms. The minimum Gasteiger partial charge on any atom is -0.389 e. The normalized spacial score (nSPS) is 13.1. The number of nitrogens with one attached hydrogen (secondary N) is 1. The Morgan fingerprint density at radius 1 is 1.39 bits per heavy atom. The number of hydrogen-bond donors (Lipinski definition) is 2. The molecule has 2 N–H and O–H groups in total. The highest BCUT2D eigenvalue weighted by atomic mass is 32.2. The second kappa shape index (κ2) is 4.54. The van der Waals surface area contributed by atoms with E-state index in [1.807, 2.05) is 0 Å². The van der Waals surface area contributed by atoms with Gasteiger partial charge in [0.1, 0.15) is 15.9 Å². The van der Waals surface area contributed by atoms with Crippen LogP contribution in [0, 0.1) is 0 Å². The third-order valence-corrected chi connectivity index (χ3v) is 4.21. The molecule has 0 saturated carbocycles. The Morgan fingerprint density at radius 3 is 2.78 bits per heavy atom. The molecule has 0 atom stereocenters. The van der Waals surface area contributed by atoms with Crippen LogP contribution in [0.15, 0.2) is 23.1 Å². The number of fused-ring (bicyclic) bond motifs is 1. The zero-order valence-corrected chi connectivity index (χ0v) is 11.5. The summed E-state index contributed by atoms with van der Waals surface area (Å²) in [5, 5.41) is 9.55. The van der Waals surface area contributed by atoms with Crippen LogP contribution in [-0.4, -0.2) is 34.4 Å². The Balaban J connectivity index is 2.38. The van der Waals surface area contributed by atoms with Crippen LogP contribution in [-0.2, 0) is 10.0 Å². The summed E-state index contributed by atoms with van der Waals surface area (Å²) in [6, 6.07) is 4.78. The molecular weight excluding hydrogens is 274 g/mol. The van der Waals surface area contributed by atoms with E-state index in [0.717, 1.165) is 11.7 Å². The lowest BCUT2D eigenvalue weighted by Gasteiger charge is -2.17. The summed E-state index contributed by atoms with van der Waals surface area (Å²) >= 11 is 0.965. The molecule has 1 aromatic carbocycles. The maximum Gasteiger partial charge on any atom is 0.242 e. The number of hydrogen-bond acceptors (Lipinski definition) is 6. The maximum atomic E-state index is 12.1. The van der Waals surface area contributed by atoms with E-state index in [1.165, 1.54) is 19.9 Å². The van der Waals surface area contributed by atoms with Gasteiger partial charge in [0.25, 0.3) is 0 Å². The lowest BCUT2D eigenvalue weighted by atomic mass is 10.1. The summed E-state index contributed by atoms with van der Waals surface area (Å²) in [6.07, 6.45) is 0. The van der Waals surface area contributed by atoms with E-state index in [9.17, 15) is 13.5 Å². The first-order chi connectivity index (χ1) is 8.30. The van der Waals surface area contributed by atoms with Crippen LogP contribution in [0.4, 0.5) is 0 Å². The Hall–Kier alpha value is -1.09. The van der Waals surface area contributed by atoms with Crippen LogP contribution < -0.4 is 4.72 Å². The van der Waals surface area contributed by atoms with Crippen molar-refractivity contribution in [2.45, 2.75) is 24.3 Å². The zero-order valence-electron chi connectivity index (χ0n) is 9.91. The summed E-state index contributed by atoms with van der Waals surface area (Å²) in [4.78, 5) is 0.0815. The van der Waals surface area contributed by atoms with Gasteiger partial charge in [0, 0.05) is 6.54 Å². The number of aromatic nitrogens is 2. The monoisotopic (exact) mass is 287 g/mol. The van der Waals surface area contributed by atoms with Crippen molar-refractivity contribution < 1.29 is 13.5 Å². The van der Waals surface area contributed by atoms with E-state index in [2.05, 4.69) is 13.5 Å². The number of aliphatic hydroxyl groups is 1. The number of rotatable bonds is 4. The Labute approximate surface area is 109 Å². The van der Waals surface area contributed by atoms with E-state index in [4.69, 9.17) is 0 Å². The molecule has 1 heterocycles. The molecule has 0 unspecified atom stereocenters. The third-order valence-electron chi connectivity index (χ3n) is 2.23. The largest absolute Gasteiger partial charge is 0.389 e. The van der Waals surface area contributed by atoms with Crippen molar-refractivity contribution >= 4 is 32.8 Å². The molecule has 98 valence electrons. The first-order valence-corrected chi connectivity index (χ1v) is 7.44. The molecule has 6 nitrogen and oxygen atoms in total. The molecule has 0 aliphatic heterocycles. The molecule has 0 saturated heterocycles. The van der Waals surface area contributed by atoms with Gasteiger partial charge in [0.2, 0.25) is 10.0 Å². The van der Waals surface area contributed by atoms with E-state index in [0.29, 0.717) is 11.0 Å². The molecule has 0 aliphatic rings. The standard InChI is InChI=1S/C10H13N3O3S2/c1-10(2,14)6-11-18(15,16)8-5-3-4-7-9(8)13-17-12-7/h3-5,11,14H,6H2,1-2H3. The summed E-state index contributed by atoms with van der Waals surface area (Å²) in [6.45, 7) is 2.99. The van der Waals surface area contributed by atoms with Crippen LogP contribution in [0.1, 0.15) is 13.8 Å². The van der Waals surface area contributed by atoms with Gasteiger partial charge >= 0.3 is 0 Å². The van der Waals surface area contributed by atoms with Crippen molar-refractivity contribution in [2.24, 2.45) is 0 Å². The molecule has 0 amide bonds. The fourth-order valence-corrected chi connectivity index (χ4v) is 3.32. The lowest BCUT2D eigenvalue weighted by Crippen LogP contribution is -2.38. The second-order valence-electron chi connectivity index (χ2n) is 4.53. The highest BCUT2D eigenvalue weighted by Gasteiger charge is 2.22. The molecular formula is C10H13N3O3S2. The molecule has 2 rings (SSSR count). The first kappa shape index (κ1) is 13.3. The molecule has 0 spiro atoms. The van der Waals surface area contributed by atoms with Gasteiger partial charge in [-0.1, -0.05) is 6.07 Å². The van der Waals surface area contributed by atoms with Gasteiger partial charge < -0.3 is 5.11 Å². The Bertz CT molecular complexity index is 658. The molecule has 0 fully saturated rings. The average Bonchev–Trinajstić information content (AvgIpc) is 2.73. The molecule has 1 aromatic heterocycles. The highest BCUT2D eigenvalue weighted by Crippen LogP contribution is 2.20. The van der Waals surface area contributed by atoms with Crippen LogP contribution >= 0.6 is 11.7 Å². The van der Waals surface area contributed by atoms with Crippen molar-refractivity contribution in [1.82, 2.24) is 13.5 Å². The molecule has 0 bridgehead atoms. The van der Waals surface area contributed by atoms with E-state index in [-0.39, 0.29) is 11.4 Å². The average molecular weight is 287 g/mol. The fourth-order valence-electron chi connectivity index (χ4n) is 1.35. The smallest absolute Gasteiger partial charge is 0.242 e. The van der Waals surface area contributed by atoms with Crippen LogP contribution in [0.2, 0.25) is 0 Å². The fraction of sp³-hybridized carbons (Fsp3) is 0.400. The van der Waals surface area contributed by atoms with Gasteiger partial charge in [0.15, 0.2) is 0 Å². The van der Waals surface area contributed by atoms with Gasteiger partial charge in [-0.3, -0.25) is 0 Å². The summed E-state index contributed by atoms with van der Waals surface area (Å²) in [5.74, 6) is 0. The van der Waals surface area contributed by atoms with Crippen molar-refractivity contribution in [2.75, 3.05) is 6.54 Å². The van der Waals surface area contributed by atoms with Crippen LogP contribution in [0.3, 0.4) is 0 Å². The minimum atomic E-state index is -3.70. The van der Waals surface area contributed by atoms with Crippen molar-refractivity contribution in [3.63, 3.8) is 0 Å². The van der Waals surface area contributed by atoms with Gasteiger partial charge in [-0.05, 0) is 26.0 Å². The number of nitrogens with zero attached hydrogens (tertiary/aromatic N) is 2. The zero-order chi connectivity index (χ0) is 13.4. The quantitative estimate of drug-likeness (QED) is 0.865. The van der Waals surface area contributed by atoms with Crippen molar-refractivity contribution in [3.05, 3.63) is 18.2 Å². The van der Waals surface area contributed by atoms with Gasteiger partial charge in [-0.25, -0.2) is 13.1 Å². The molecule has 0 radical (unpaired) electrons. The Morgan fingerprint density at radius 2 is 2.11 bits per heavy atom. The van der Waals surface area contributed by atoms with E-state index in [1.54, 1.807) is 12.1 Å². The molecule has 2 aromatic rings. The van der Waals surface area contributed by atoms with Gasteiger partial charge in [-0.15, -0.1) is 0 Å². The minimum absolute atomic E-state index is 0.0662. The topological polar surface area (TPSA) is 92.2 Å². The predicted molar refractivity (Wildman–Crippen MR) is 68.9 cm³/mol. The highest BCUT2D eigenvalue weighted by molar-refractivity contribution is 7.89. The Kier molecular flexibility index (Phi) is 3.37. The molecule has 0 aliphatic carbocycles. The van der Waals surface area contributed by atoms with Crippen molar-refractivity contribution in [1.29, 1.82) is 0 Å². The van der Waals surface area contributed by atoms with Gasteiger partial charge in [0.05, 0.1) is 17.3 Å². The third kappa shape index (κ3) is 2.83. The summed E-state index contributed by atoms with van der Waals surface area (Å²) in [7, 11) is -3.70. The predicted octanol–water partition coefficient (Wildman–Crippen LogP) is 0.740. The first-order valence-electron chi connectivity index (χ1n) is 5.23. The van der Waals surface area contributed by atoms with Crippen LogP contribution in [0.25, 0.3) is 11.0 Å². The summed E-state index contributed by atoms with van der Waals surface area (Å²) in [5.41, 5.74) is -0.210. The van der Waals surface area contributed by atoms with Crippen molar-refractivity contribution in [3.8, 4) is 0 Å².